The highest BCUT2D eigenvalue weighted by atomic mass is 19.4. The van der Waals surface area contributed by atoms with Crippen LogP contribution in [0.2, 0.25) is 0 Å². The number of amides is 1. The lowest BCUT2D eigenvalue weighted by Crippen LogP contribution is -2.30. The zero-order chi connectivity index (χ0) is 21.2. The molecule has 3 aromatic rings. The summed E-state index contributed by atoms with van der Waals surface area (Å²) in [7, 11) is 1.79. The van der Waals surface area contributed by atoms with Crippen molar-refractivity contribution in [3.8, 4) is 5.75 Å². The predicted molar refractivity (Wildman–Crippen MR) is 99.6 cm³/mol. The number of rotatable bonds is 5. The number of anilines is 1. The van der Waals surface area contributed by atoms with Crippen molar-refractivity contribution in [1.29, 1.82) is 0 Å². The molecule has 9 heteroatoms. The van der Waals surface area contributed by atoms with Gasteiger partial charge in [-0.1, -0.05) is 18.2 Å². The number of carbonyl (C=O) groups excluding carboxylic acids is 2. The van der Waals surface area contributed by atoms with Gasteiger partial charge in [-0.15, -0.1) is 13.2 Å². The highest BCUT2D eigenvalue weighted by Crippen LogP contribution is 2.24. The van der Waals surface area contributed by atoms with Gasteiger partial charge in [0, 0.05) is 29.8 Å². The molecule has 3 rings (SSSR count). The Labute approximate surface area is 163 Å². The van der Waals surface area contributed by atoms with Crippen LogP contribution in [0.4, 0.5) is 18.9 Å². The first-order valence-electron chi connectivity index (χ1n) is 8.56. The van der Waals surface area contributed by atoms with Crippen LogP contribution in [0.1, 0.15) is 17.3 Å². The number of halogens is 3. The Morgan fingerprint density at radius 3 is 2.38 bits per heavy atom. The van der Waals surface area contributed by atoms with Crippen LogP contribution >= 0.6 is 0 Å². The molecule has 0 bridgehead atoms. The summed E-state index contributed by atoms with van der Waals surface area (Å²) >= 11 is 0. The summed E-state index contributed by atoms with van der Waals surface area (Å²) < 4.78 is 47.3. The van der Waals surface area contributed by atoms with Gasteiger partial charge < -0.3 is 19.4 Å². The van der Waals surface area contributed by atoms with Crippen LogP contribution in [-0.4, -0.2) is 28.9 Å². The fourth-order valence-corrected chi connectivity index (χ4v) is 2.77. The van der Waals surface area contributed by atoms with Gasteiger partial charge in [0.25, 0.3) is 5.91 Å². The molecule has 0 aliphatic rings. The van der Waals surface area contributed by atoms with E-state index >= 15 is 0 Å². The van der Waals surface area contributed by atoms with Gasteiger partial charge in [-0.3, -0.25) is 4.79 Å². The van der Waals surface area contributed by atoms with E-state index in [-0.39, 0.29) is 5.69 Å². The van der Waals surface area contributed by atoms with Crippen molar-refractivity contribution in [2.45, 2.75) is 19.4 Å². The molecule has 1 aromatic heterocycles. The second kappa shape index (κ2) is 7.86. The Morgan fingerprint density at radius 2 is 1.72 bits per heavy atom. The number of nitrogens with one attached hydrogen (secondary N) is 1. The molecule has 2 aromatic carbocycles. The number of esters is 1. The standard InChI is InChI=1S/C20H17F3N2O4/c1-12(18(26)24-13-7-9-14(10-8-13)29-20(21,22)23)28-19(27)16-11-25(2)17-6-4-3-5-15(16)17/h3-12H,1-2H3,(H,24,26)/t12-/m0/s1. The third kappa shape index (κ3) is 4.87. The van der Waals surface area contributed by atoms with Gasteiger partial charge in [-0.05, 0) is 37.3 Å². The first-order valence-corrected chi connectivity index (χ1v) is 8.56. The zero-order valence-electron chi connectivity index (χ0n) is 15.5. The average Bonchev–Trinajstić information content (AvgIpc) is 2.99. The van der Waals surface area contributed by atoms with Gasteiger partial charge in [0.05, 0.1) is 5.56 Å². The van der Waals surface area contributed by atoms with Crippen molar-refractivity contribution in [3.63, 3.8) is 0 Å². The molecule has 0 unspecified atom stereocenters. The Balaban J connectivity index is 1.63. The summed E-state index contributed by atoms with van der Waals surface area (Å²) in [6, 6.07) is 11.9. The molecule has 0 saturated carbocycles. The van der Waals surface area contributed by atoms with Gasteiger partial charge in [-0.2, -0.15) is 0 Å². The third-order valence-corrected chi connectivity index (χ3v) is 4.13. The molecule has 0 aliphatic carbocycles. The summed E-state index contributed by atoms with van der Waals surface area (Å²) in [5.74, 6) is -1.69. The predicted octanol–water partition coefficient (Wildman–Crippen LogP) is 4.26. The average molecular weight is 406 g/mol. The van der Waals surface area contributed by atoms with E-state index < -0.39 is 30.1 Å². The molecule has 29 heavy (non-hydrogen) atoms. The number of ether oxygens (including phenoxy) is 2. The number of aromatic nitrogens is 1. The topological polar surface area (TPSA) is 69.6 Å². The molecule has 1 amide bonds. The molecule has 1 N–H and O–H groups in total. The highest BCUT2D eigenvalue weighted by Gasteiger charge is 2.31. The minimum absolute atomic E-state index is 0.234. The number of benzene rings is 2. The van der Waals surface area contributed by atoms with Crippen LogP contribution in [0.15, 0.2) is 54.7 Å². The fraction of sp³-hybridized carbons (Fsp3) is 0.200. The first-order chi connectivity index (χ1) is 13.6. The van der Waals surface area contributed by atoms with E-state index in [2.05, 4.69) is 10.1 Å². The van der Waals surface area contributed by atoms with Crippen molar-refractivity contribution >= 4 is 28.5 Å². The van der Waals surface area contributed by atoms with Crippen molar-refractivity contribution in [3.05, 3.63) is 60.3 Å². The van der Waals surface area contributed by atoms with E-state index in [1.807, 2.05) is 12.1 Å². The number of para-hydroxylation sites is 1. The lowest BCUT2D eigenvalue weighted by molar-refractivity contribution is -0.274. The molecular weight excluding hydrogens is 389 g/mol. The van der Waals surface area contributed by atoms with Crippen molar-refractivity contribution in [1.82, 2.24) is 4.57 Å². The number of aryl methyl sites for hydroxylation is 1. The largest absolute Gasteiger partial charge is 0.573 e. The molecule has 0 saturated heterocycles. The minimum Gasteiger partial charge on any atom is -0.449 e. The van der Waals surface area contributed by atoms with Gasteiger partial charge in [-0.25, -0.2) is 4.79 Å². The first kappa shape index (κ1) is 20.2. The maximum atomic E-state index is 12.5. The molecule has 0 spiro atoms. The van der Waals surface area contributed by atoms with Crippen LogP contribution in [-0.2, 0) is 16.6 Å². The van der Waals surface area contributed by atoms with Gasteiger partial charge in [0.15, 0.2) is 6.10 Å². The molecule has 1 heterocycles. The van der Waals surface area contributed by atoms with Gasteiger partial charge in [0.2, 0.25) is 0 Å². The van der Waals surface area contributed by atoms with E-state index in [1.54, 1.807) is 29.9 Å². The Morgan fingerprint density at radius 1 is 1.07 bits per heavy atom. The van der Waals surface area contributed by atoms with E-state index in [4.69, 9.17) is 4.74 Å². The molecule has 6 nitrogen and oxygen atoms in total. The van der Waals surface area contributed by atoms with Crippen LogP contribution in [0.5, 0.6) is 5.75 Å². The van der Waals surface area contributed by atoms with Crippen LogP contribution in [0, 0.1) is 0 Å². The van der Waals surface area contributed by atoms with Crippen molar-refractivity contribution in [2.24, 2.45) is 7.05 Å². The second-order valence-electron chi connectivity index (χ2n) is 6.28. The molecule has 0 radical (unpaired) electrons. The normalized spacial score (nSPS) is 12.4. The lowest BCUT2D eigenvalue weighted by atomic mass is 10.2. The van der Waals surface area contributed by atoms with Crippen LogP contribution < -0.4 is 10.1 Å². The Bertz CT molecular complexity index is 1040. The fourth-order valence-electron chi connectivity index (χ4n) is 2.77. The molecule has 0 aliphatic heterocycles. The van der Waals surface area contributed by atoms with Crippen molar-refractivity contribution in [2.75, 3.05) is 5.32 Å². The third-order valence-electron chi connectivity index (χ3n) is 4.13. The Kier molecular flexibility index (Phi) is 5.49. The van der Waals surface area contributed by atoms with Crippen LogP contribution in [0.25, 0.3) is 10.9 Å². The minimum atomic E-state index is -4.80. The SMILES string of the molecule is C[C@H](OC(=O)c1cn(C)c2ccccc12)C(=O)Nc1ccc(OC(F)(F)F)cc1. The van der Waals surface area contributed by atoms with E-state index in [0.29, 0.717) is 10.9 Å². The summed E-state index contributed by atoms with van der Waals surface area (Å²) in [4.78, 5) is 24.7. The number of hydrogen-bond acceptors (Lipinski definition) is 4. The molecule has 0 fully saturated rings. The summed E-state index contributed by atoms with van der Waals surface area (Å²) in [6.07, 6.45) is -4.29. The lowest BCUT2D eigenvalue weighted by Gasteiger charge is -2.14. The van der Waals surface area contributed by atoms with Gasteiger partial charge >= 0.3 is 12.3 Å². The quantitative estimate of drug-likeness (QED) is 0.643. The second-order valence-corrected chi connectivity index (χ2v) is 6.28. The van der Waals surface area contributed by atoms with E-state index in [0.717, 1.165) is 17.6 Å². The van der Waals surface area contributed by atoms with E-state index in [9.17, 15) is 22.8 Å². The number of nitrogens with zero attached hydrogens (tertiary/aromatic N) is 1. The highest BCUT2D eigenvalue weighted by molar-refractivity contribution is 6.05. The monoisotopic (exact) mass is 406 g/mol. The maximum absolute atomic E-state index is 12.5. The summed E-state index contributed by atoms with van der Waals surface area (Å²) in [5.41, 5.74) is 1.41. The van der Waals surface area contributed by atoms with E-state index in [1.165, 1.54) is 19.1 Å². The maximum Gasteiger partial charge on any atom is 0.573 e. The Hall–Kier alpha value is -3.49. The zero-order valence-corrected chi connectivity index (χ0v) is 15.5. The van der Waals surface area contributed by atoms with Crippen molar-refractivity contribution < 1.29 is 32.2 Å². The molecule has 1 atom stereocenters. The number of hydrogen-bond donors (Lipinski definition) is 1. The number of alkyl halides is 3. The summed E-state index contributed by atoms with van der Waals surface area (Å²) in [6.45, 7) is 1.40. The number of carbonyl (C=O) groups is 2. The molecule has 152 valence electrons. The summed E-state index contributed by atoms with van der Waals surface area (Å²) in [5, 5.41) is 3.17. The van der Waals surface area contributed by atoms with Gasteiger partial charge in [0.1, 0.15) is 5.75 Å². The molecular formula is C20H17F3N2O4. The van der Waals surface area contributed by atoms with Crippen LogP contribution in [0.3, 0.4) is 0 Å². The number of fused-ring (bicyclic) bond motifs is 1. The smallest absolute Gasteiger partial charge is 0.449 e.